The van der Waals surface area contributed by atoms with Crippen LogP contribution in [-0.2, 0) is 6.42 Å². The molecule has 0 amide bonds. The van der Waals surface area contributed by atoms with Crippen molar-refractivity contribution in [2.45, 2.75) is 13.3 Å². The average molecular weight is 339 g/mol. The molecule has 2 aromatic rings. The van der Waals surface area contributed by atoms with Crippen LogP contribution in [-0.4, -0.2) is 11.7 Å². The lowest BCUT2D eigenvalue weighted by Crippen LogP contribution is -2.30. The Balaban J connectivity index is 1.83. The summed E-state index contributed by atoms with van der Waals surface area (Å²) in [4.78, 5) is 0. The average Bonchev–Trinajstić information content (AvgIpc) is 2.44. The van der Waals surface area contributed by atoms with E-state index in [0.29, 0.717) is 21.7 Å². The van der Waals surface area contributed by atoms with Crippen molar-refractivity contribution in [3.05, 3.63) is 63.6 Å². The maximum absolute atomic E-state index is 6.13. The Bertz CT molecular complexity index is 644. The van der Waals surface area contributed by atoms with Gasteiger partial charge in [0.1, 0.15) is 0 Å². The third-order valence-electron chi connectivity index (χ3n) is 3.09. The summed E-state index contributed by atoms with van der Waals surface area (Å²) < 4.78 is 0. The summed E-state index contributed by atoms with van der Waals surface area (Å²) in [5, 5.41) is 8.30. The molecule has 0 fully saturated rings. The number of halogens is 2. The molecule has 2 rings (SSSR count). The topological polar surface area (TPSA) is 24.1 Å². The summed E-state index contributed by atoms with van der Waals surface area (Å²) >= 11 is 17.3. The highest BCUT2D eigenvalue weighted by Crippen LogP contribution is 2.21. The highest BCUT2D eigenvalue weighted by molar-refractivity contribution is 7.80. The molecule has 110 valence electrons. The summed E-state index contributed by atoms with van der Waals surface area (Å²) in [6, 6.07) is 13.5. The lowest BCUT2D eigenvalue weighted by molar-refractivity contribution is 0.873. The lowest BCUT2D eigenvalue weighted by Gasteiger charge is -2.12. The van der Waals surface area contributed by atoms with E-state index in [1.54, 1.807) is 6.07 Å². The van der Waals surface area contributed by atoms with Crippen molar-refractivity contribution in [3.63, 3.8) is 0 Å². The Kier molecular flexibility index (Phi) is 5.85. The fourth-order valence-corrected chi connectivity index (χ4v) is 2.63. The van der Waals surface area contributed by atoms with Crippen molar-refractivity contribution in [2.24, 2.45) is 0 Å². The van der Waals surface area contributed by atoms with Gasteiger partial charge in [0.05, 0.1) is 0 Å². The standard InChI is InChI=1S/C16H16Cl2N2S/c1-11-4-2-3-5-15(11)20-16(21)19-9-8-12-6-7-13(17)10-14(12)18/h2-7,10H,8-9H2,1H3,(H2,19,20,21). The number of thiocarbonyl (C=S) groups is 1. The third-order valence-corrected chi connectivity index (χ3v) is 3.92. The summed E-state index contributed by atoms with van der Waals surface area (Å²) in [7, 11) is 0. The molecule has 0 aliphatic heterocycles. The van der Waals surface area contributed by atoms with E-state index in [0.717, 1.165) is 23.2 Å². The SMILES string of the molecule is Cc1ccccc1NC(=S)NCCc1ccc(Cl)cc1Cl. The quantitative estimate of drug-likeness (QED) is 0.780. The number of para-hydroxylation sites is 1. The highest BCUT2D eigenvalue weighted by atomic mass is 35.5. The maximum atomic E-state index is 6.13. The molecule has 0 aliphatic rings. The van der Waals surface area contributed by atoms with Gasteiger partial charge in [-0.3, -0.25) is 0 Å². The summed E-state index contributed by atoms with van der Waals surface area (Å²) in [6.45, 7) is 2.75. The van der Waals surface area contributed by atoms with Gasteiger partial charge in [0.25, 0.3) is 0 Å². The zero-order valence-electron chi connectivity index (χ0n) is 11.6. The van der Waals surface area contributed by atoms with Gasteiger partial charge in [0, 0.05) is 22.3 Å². The predicted molar refractivity (Wildman–Crippen MR) is 95.6 cm³/mol. The van der Waals surface area contributed by atoms with Crippen LogP contribution in [0, 0.1) is 6.92 Å². The molecule has 0 aliphatic carbocycles. The molecule has 2 nitrogen and oxygen atoms in total. The zero-order valence-corrected chi connectivity index (χ0v) is 13.9. The van der Waals surface area contributed by atoms with E-state index >= 15 is 0 Å². The first kappa shape index (κ1) is 16.1. The Morgan fingerprint density at radius 2 is 1.90 bits per heavy atom. The van der Waals surface area contributed by atoms with E-state index < -0.39 is 0 Å². The molecule has 2 aromatic carbocycles. The fraction of sp³-hybridized carbons (Fsp3) is 0.188. The number of aryl methyl sites for hydroxylation is 1. The molecule has 5 heteroatoms. The second-order valence-corrected chi connectivity index (χ2v) is 5.93. The van der Waals surface area contributed by atoms with E-state index in [9.17, 15) is 0 Å². The number of benzene rings is 2. The minimum atomic E-state index is 0.606. The molecule has 0 unspecified atom stereocenters. The largest absolute Gasteiger partial charge is 0.362 e. The van der Waals surface area contributed by atoms with Crippen molar-refractivity contribution >= 4 is 46.2 Å². The van der Waals surface area contributed by atoms with E-state index in [-0.39, 0.29) is 0 Å². The Morgan fingerprint density at radius 1 is 1.14 bits per heavy atom. The van der Waals surface area contributed by atoms with Crippen LogP contribution < -0.4 is 10.6 Å². The number of nitrogens with one attached hydrogen (secondary N) is 2. The third kappa shape index (κ3) is 4.88. The van der Waals surface area contributed by atoms with Crippen LogP contribution in [0.3, 0.4) is 0 Å². The molecule has 0 heterocycles. The van der Waals surface area contributed by atoms with Gasteiger partial charge in [0.15, 0.2) is 5.11 Å². The minimum absolute atomic E-state index is 0.606. The van der Waals surface area contributed by atoms with Crippen LogP contribution >= 0.6 is 35.4 Å². The van der Waals surface area contributed by atoms with Crippen LogP contribution in [0.25, 0.3) is 0 Å². The smallest absolute Gasteiger partial charge is 0.170 e. The Labute approximate surface area is 140 Å². The van der Waals surface area contributed by atoms with Crippen LogP contribution in [0.15, 0.2) is 42.5 Å². The molecule has 0 spiro atoms. The molecule has 21 heavy (non-hydrogen) atoms. The number of hydrogen-bond acceptors (Lipinski definition) is 1. The predicted octanol–water partition coefficient (Wildman–Crippen LogP) is 4.83. The van der Waals surface area contributed by atoms with Gasteiger partial charge in [-0.2, -0.15) is 0 Å². The van der Waals surface area contributed by atoms with Crippen molar-refractivity contribution in [1.82, 2.24) is 5.32 Å². The van der Waals surface area contributed by atoms with Gasteiger partial charge < -0.3 is 10.6 Å². The van der Waals surface area contributed by atoms with Crippen molar-refractivity contribution in [3.8, 4) is 0 Å². The summed E-state index contributed by atoms with van der Waals surface area (Å²) in [5.41, 5.74) is 3.22. The summed E-state index contributed by atoms with van der Waals surface area (Å²) in [5.74, 6) is 0. The monoisotopic (exact) mass is 338 g/mol. The van der Waals surface area contributed by atoms with E-state index in [1.165, 1.54) is 0 Å². The lowest BCUT2D eigenvalue weighted by atomic mass is 10.1. The molecule has 0 bridgehead atoms. The molecule has 0 atom stereocenters. The number of anilines is 1. The fourth-order valence-electron chi connectivity index (χ4n) is 1.91. The molecule has 0 saturated heterocycles. The molecule has 0 radical (unpaired) electrons. The van der Waals surface area contributed by atoms with Crippen molar-refractivity contribution < 1.29 is 0 Å². The van der Waals surface area contributed by atoms with Crippen molar-refractivity contribution in [1.29, 1.82) is 0 Å². The second kappa shape index (κ2) is 7.64. The van der Waals surface area contributed by atoms with E-state index in [4.69, 9.17) is 35.4 Å². The normalized spacial score (nSPS) is 10.2. The Morgan fingerprint density at radius 3 is 2.62 bits per heavy atom. The highest BCUT2D eigenvalue weighted by Gasteiger charge is 2.03. The van der Waals surface area contributed by atoms with Crippen LogP contribution in [0.2, 0.25) is 10.0 Å². The van der Waals surface area contributed by atoms with Gasteiger partial charge >= 0.3 is 0 Å². The zero-order chi connectivity index (χ0) is 15.2. The number of rotatable bonds is 4. The van der Waals surface area contributed by atoms with Gasteiger partial charge in [-0.05, 0) is 54.9 Å². The van der Waals surface area contributed by atoms with E-state index in [2.05, 4.69) is 10.6 Å². The first-order valence-corrected chi connectivity index (χ1v) is 7.77. The molecular weight excluding hydrogens is 323 g/mol. The van der Waals surface area contributed by atoms with Crippen LogP contribution in [0.4, 0.5) is 5.69 Å². The van der Waals surface area contributed by atoms with Gasteiger partial charge in [-0.1, -0.05) is 47.5 Å². The maximum Gasteiger partial charge on any atom is 0.170 e. The van der Waals surface area contributed by atoms with E-state index in [1.807, 2.05) is 43.3 Å². The van der Waals surface area contributed by atoms with Crippen molar-refractivity contribution in [2.75, 3.05) is 11.9 Å². The van der Waals surface area contributed by atoms with Crippen LogP contribution in [0.5, 0.6) is 0 Å². The first-order valence-electron chi connectivity index (χ1n) is 6.60. The van der Waals surface area contributed by atoms with Gasteiger partial charge in [-0.15, -0.1) is 0 Å². The van der Waals surface area contributed by atoms with Gasteiger partial charge in [0.2, 0.25) is 0 Å². The molecule has 2 N–H and O–H groups in total. The minimum Gasteiger partial charge on any atom is -0.362 e. The summed E-state index contributed by atoms with van der Waals surface area (Å²) in [6.07, 6.45) is 0.783. The first-order chi connectivity index (χ1) is 10.1. The molecule has 0 saturated carbocycles. The molecular formula is C16H16Cl2N2S. The molecule has 0 aromatic heterocycles. The number of hydrogen-bond donors (Lipinski definition) is 2. The van der Waals surface area contributed by atoms with Crippen LogP contribution in [0.1, 0.15) is 11.1 Å². The Hall–Kier alpha value is -1.29. The van der Waals surface area contributed by atoms with Gasteiger partial charge in [-0.25, -0.2) is 0 Å². The second-order valence-electron chi connectivity index (χ2n) is 4.68.